The number of hydrogen-bond donors (Lipinski definition) is 1. The second-order valence-corrected chi connectivity index (χ2v) is 5.46. The third-order valence-corrected chi connectivity index (χ3v) is 3.93. The molecule has 3 rings (SSSR count). The molecule has 0 saturated carbocycles. The Balaban J connectivity index is 1.76. The van der Waals surface area contributed by atoms with Crippen molar-refractivity contribution in [1.29, 1.82) is 0 Å². The summed E-state index contributed by atoms with van der Waals surface area (Å²) in [4.78, 5) is 23.1. The van der Waals surface area contributed by atoms with Crippen LogP contribution in [0.3, 0.4) is 0 Å². The van der Waals surface area contributed by atoms with Gasteiger partial charge in [0.1, 0.15) is 23.7 Å². The van der Waals surface area contributed by atoms with Crippen LogP contribution in [0.15, 0.2) is 36.7 Å². The molecule has 1 aromatic heterocycles. The van der Waals surface area contributed by atoms with Gasteiger partial charge in [0.25, 0.3) is 5.91 Å². The summed E-state index contributed by atoms with van der Waals surface area (Å²) in [6, 6.07) is 8.93. The van der Waals surface area contributed by atoms with E-state index in [-0.39, 0.29) is 5.91 Å². The van der Waals surface area contributed by atoms with Crippen LogP contribution < -0.4 is 15.0 Å². The highest BCUT2D eigenvalue weighted by molar-refractivity contribution is 6.05. The Labute approximate surface area is 135 Å². The number of hydrogen-bond acceptors (Lipinski definition) is 5. The van der Waals surface area contributed by atoms with Gasteiger partial charge in [0.15, 0.2) is 0 Å². The van der Waals surface area contributed by atoms with Crippen LogP contribution >= 0.6 is 0 Å². The molecule has 0 unspecified atom stereocenters. The van der Waals surface area contributed by atoms with E-state index in [9.17, 15) is 4.79 Å². The Bertz CT molecular complexity index is 684. The minimum atomic E-state index is -0.245. The molecule has 0 bridgehead atoms. The van der Waals surface area contributed by atoms with E-state index in [1.807, 2.05) is 12.1 Å². The number of para-hydroxylation sites is 1. The fourth-order valence-electron chi connectivity index (χ4n) is 2.73. The molecular weight excluding hydrogens is 292 g/mol. The van der Waals surface area contributed by atoms with Crippen molar-refractivity contribution in [3.8, 4) is 5.75 Å². The maximum absolute atomic E-state index is 12.4. The normalized spacial score (nSPS) is 14.4. The summed E-state index contributed by atoms with van der Waals surface area (Å²) in [6.45, 7) is 1.99. The minimum Gasteiger partial charge on any atom is -0.496 e. The molecule has 0 radical (unpaired) electrons. The van der Waals surface area contributed by atoms with Gasteiger partial charge < -0.3 is 15.0 Å². The number of anilines is 2. The maximum atomic E-state index is 12.4. The van der Waals surface area contributed by atoms with Gasteiger partial charge in [-0.15, -0.1) is 0 Å². The molecular formula is C17H20N4O2. The van der Waals surface area contributed by atoms with E-state index in [2.05, 4.69) is 20.2 Å². The van der Waals surface area contributed by atoms with E-state index in [0.717, 1.165) is 18.9 Å². The molecule has 0 aliphatic carbocycles. The van der Waals surface area contributed by atoms with E-state index in [1.165, 1.54) is 25.6 Å². The van der Waals surface area contributed by atoms with Crippen molar-refractivity contribution < 1.29 is 9.53 Å². The smallest absolute Gasteiger partial charge is 0.260 e. The van der Waals surface area contributed by atoms with Gasteiger partial charge in [-0.3, -0.25) is 4.79 Å². The Morgan fingerprint density at radius 2 is 1.96 bits per heavy atom. The van der Waals surface area contributed by atoms with Crippen LogP contribution in [-0.4, -0.2) is 36.1 Å². The molecule has 0 spiro atoms. The average molecular weight is 312 g/mol. The van der Waals surface area contributed by atoms with Crippen LogP contribution in [0.1, 0.15) is 29.6 Å². The van der Waals surface area contributed by atoms with Gasteiger partial charge in [-0.2, -0.15) is 0 Å². The van der Waals surface area contributed by atoms with Gasteiger partial charge in [-0.25, -0.2) is 9.97 Å². The average Bonchev–Trinajstić information content (AvgIpc) is 2.62. The molecule has 1 fully saturated rings. The van der Waals surface area contributed by atoms with Crippen molar-refractivity contribution >= 4 is 17.5 Å². The number of piperidine rings is 1. The molecule has 6 heteroatoms. The molecule has 120 valence electrons. The molecule has 2 heterocycles. The molecule has 23 heavy (non-hydrogen) atoms. The van der Waals surface area contributed by atoms with Crippen LogP contribution in [0.5, 0.6) is 5.75 Å². The Kier molecular flexibility index (Phi) is 4.71. The molecule has 1 amide bonds. The number of amides is 1. The Morgan fingerprint density at radius 1 is 1.17 bits per heavy atom. The molecule has 1 N–H and O–H groups in total. The maximum Gasteiger partial charge on any atom is 0.260 e. The van der Waals surface area contributed by atoms with Crippen molar-refractivity contribution in [3.05, 3.63) is 42.2 Å². The molecule has 0 atom stereocenters. The van der Waals surface area contributed by atoms with E-state index in [0.29, 0.717) is 17.1 Å². The zero-order valence-electron chi connectivity index (χ0n) is 13.2. The predicted octanol–water partition coefficient (Wildman–Crippen LogP) is 2.73. The predicted molar refractivity (Wildman–Crippen MR) is 89.0 cm³/mol. The highest BCUT2D eigenvalue weighted by Gasteiger charge is 2.15. The summed E-state index contributed by atoms with van der Waals surface area (Å²) in [7, 11) is 1.55. The molecule has 2 aromatic rings. The van der Waals surface area contributed by atoms with Crippen LogP contribution in [0.4, 0.5) is 11.6 Å². The van der Waals surface area contributed by atoms with E-state index < -0.39 is 0 Å². The van der Waals surface area contributed by atoms with Crippen LogP contribution in [0.25, 0.3) is 0 Å². The van der Waals surface area contributed by atoms with Gasteiger partial charge in [0, 0.05) is 19.2 Å². The third-order valence-electron chi connectivity index (χ3n) is 3.93. The van der Waals surface area contributed by atoms with Gasteiger partial charge in [-0.1, -0.05) is 12.1 Å². The fourth-order valence-corrected chi connectivity index (χ4v) is 2.73. The lowest BCUT2D eigenvalue weighted by Crippen LogP contribution is -2.30. The number of aromatic nitrogens is 2. The molecule has 6 nitrogen and oxygen atoms in total. The first kappa shape index (κ1) is 15.3. The number of carbonyl (C=O) groups is 1. The quantitative estimate of drug-likeness (QED) is 0.940. The largest absolute Gasteiger partial charge is 0.496 e. The number of benzene rings is 1. The zero-order valence-corrected chi connectivity index (χ0v) is 13.2. The highest BCUT2D eigenvalue weighted by atomic mass is 16.5. The van der Waals surface area contributed by atoms with E-state index in [4.69, 9.17) is 4.74 Å². The van der Waals surface area contributed by atoms with Crippen LogP contribution in [0.2, 0.25) is 0 Å². The summed E-state index contributed by atoms with van der Waals surface area (Å²) < 4.78 is 5.22. The summed E-state index contributed by atoms with van der Waals surface area (Å²) >= 11 is 0. The minimum absolute atomic E-state index is 0.245. The number of carbonyl (C=O) groups excluding carboxylic acids is 1. The monoisotopic (exact) mass is 312 g/mol. The lowest BCUT2D eigenvalue weighted by atomic mass is 10.1. The molecule has 1 saturated heterocycles. The van der Waals surface area contributed by atoms with E-state index in [1.54, 1.807) is 25.3 Å². The summed E-state index contributed by atoms with van der Waals surface area (Å²) in [6.07, 6.45) is 5.10. The number of nitrogens with one attached hydrogen (secondary N) is 1. The SMILES string of the molecule is COc1ccccc1C(=O)Nc1cc(N2CCCCC2)ncn1. The molecule has 1 aliphatic rings. The standard InChI is InChI=1S/C17H20N4O2/c1-23-14-8-4-3-7-13(14)17(22)20-15-11-16(19-12-18-15)21-9-5-2-6-10-21/h3-4,7-8,11-12H,2,5-6,9-10H2,1H3,(H,18,19,20,22). The summed E-state index contributed by atoms with van der Waals surface area (Å²) in [5.74, 6) is 1.65. The fraction of sp³-hybridized carbons (Fsp3) is 0.353. The van der Waals surface area contributed by atoms with Gasteiger partial charge in [0.05, 0.1) is 12.7 Å². The van der Waals surface area contributed by atoms with Crippen LogP contribution in [0, 0.1) is 0 Å². The first-order chi connectivity index (χ1) is 11.3. The summed E-state index contributed by atoms with van der Waals surface area (Å²) in [5.41, 5.74) is 0.480. The summed E-state index contributed by atoms with van der Waals surface area (Å²) in [5, 5.41) is 2.82. The topological polar surface area (TPSA) is 67.3 Å². The number of ether oxygens (including phenoxy) is 1. The van der Waals surface area contributed by atoms with Crippen LogP contribution in [-0.2, 0) is 0 Å². The highest BCUT2D eigenvalue weighted by Crippen LogP contribution is 2.21. The third kappa shape index (κ3) is 3.59. The molecule has 1 aliphatic heterocycles. The van der Waals surface area contributed by atoms with Crippen molar-refractivity contribution in [1.82, 2.24) is 9.97 Å². The number of rotatable bonds is 4. The van der Waals surface area contributed by atoms with Gasteiger partial charge in [0.2, 0.25) is 0 Å². The second-order valence-electron chi connectivity index (χ2n) is 5.46. The van der Waals surface area contributed by atoms with Crippen molar-refractivity contribution in [2.45, 2.75) is 19.3 Å². The number of methoxy groups -OCH3 is 1. The molecule has 1 aromatic carbocycles. The van der Waals surface area contributed by atoms with Crippen molar-refractivity contribution in [2.24, 2.45) is 0 Å². The zero-order chi connectivity index (χ0) is 16.1. The first-order valence-corrected chi connectivity index (χ1v) is 7.79. The lowest BCUT2D eigenvalue weighted by molar-refractivity contribution is 0.102. The van der Waals surface area contributed by atoms with E-state index >= 15 is 0 Å². The van der Waals surface area contributed by atoms with Gasteiger partial charge in [-0.05, 0) is 31.4 Å². The Hall–Kier alpha value is -2.63. The number of nitrogens with zero attached hydrogens (tertiary/aromatic N) is 3. The first-order valence-electron chi connectivity index (χ1n) is 7.79. The van der Waals surface area contributed by atoms with Crippen molar-refractivity contribution in [2.75, 3.05) is 30.4 Å². The van der Waals surface area contributed by atoms with Crippen molar-refractivity contribution in [3.63, 3.8) is 0 Å². The Morgan fingerprint density at radius 3 is 2.74 bits per heavy atom. The lowest BCUT2D eigenvalue weighted by Gasteiger charge is -2.27. The second kappa shape index (κ2) is 7.09. The van der Waals surface area contributed by atoms with Gasteiger partial charge >= 0.3 is 0 Å².